The number of benzene rings is 3. The summed E-state index contributed by atoms with van der Waals surface area (Å²) >= 11 is 0. The predicted molar refractivity (Wildman–Crippen MR) is 137 cm³/mol. The molecule has 0 aliphatic carbocycles. The lowest BCUT2D eigenvalue weighted by molar-refractivity contribution is -0.140. The highest BCUT2D eigenvalue weighted by atomic mass is 16.5. The van der Waals surface area contributed by atoms with Gasteiger partial charge in [0.05, 0.1) is 34.9 Å². The quantitative estimate of drug-likeness (QED) is 0.226. The molecule has 0 aliphatic heterocycles. The second-order valence-electron chi connectivity index (χ2n) is 8.29. The van der Waals surface area contributed by atoms with Crippen molar-refractivity contribution < 1.29 is 43.5 Å². The zero-order chi connectivity index (χ0) is 27.6. The van der Waals surface area contributed by atoms with E-state index >= 15 is 0 Å². The SMILES string of the molecule is COC(=O)CC(c1cc(OC)c(OC)cc1OC)c1c(O)c(O)c(O)c2c(=O)cc(-c3ccccc3)oc12. The number of phenols is 3. The van der Waals surface area contributed by atoms with E-state index in [0.717, 1.165) is 0 Å². The number of aromatic hydroxyl groups is 3. The molecule has 0 bridgehead atoms. The predicted octanol–water partition coefficient (Wildman–Crippen LogP) is 4.30. The molecule has 1 aromatic heterocycles. The van der Waals surface area contributed by atoms with Crippen molar-refractivity contribution in [2.24, 2.45) is 0 Å². The summed E-state index contributed by atoms with van der Waals surface area (Å²) in [5.74, 6) is -3.33. The van der Waals surface area contributed by atoms with Gasteiger partial charge in [0.15, 0.2) is 28.4 Å². The first kappa shape index (κ1) is 26.2. The molecule has 1 heterocycles. The van der Waals surface area contributed by atoms with Crippen LogP contribution < -0.4 is 19.6 Å². The fourth-order valence-electron chi connectivity index (χ4n) is 4.38. The molecular formula is C28H26O10. The molecular weight excluding hydrogens is 496 g/mol. The van der Waals surface area contributed by atoms with Crippen LogP contribution in [0.15, 0.2) is 57.7 Å². The number of phenolic OH excluding ortho intramolecular Hbond substituents is 3. The standard InChI is InChI=1S/C28H26O10/c1-34-19-13-21(36-3)20(35-2)10-15(19)16(11-22(30)37-4)23-25(31)27(33)26(32)24-17(29)12-18(38-28(23)24)14-8-6-5-7-9-14/h5-10,12-13,16,31-33H,11H2,1-4H3. The van der Waals surface area contributed by atoms with Gasteiger partial charge in [-0.2, -0.15) is 0 Å². The molecule has 0 spiro atoms. The summed E-state index contributed by atoms with van der Waals surface area (Å²) in [5, 5.41) is 32.0. The van der Waals surface area contributed by atoms with Crippen LogP contribution in [0.3, 0.4) is 0 Å². The molecule has 38 heavy (non-hydrogen) atoms. The van der Waals surface area contributed by atoms with Crippen LogP contribution in [0.4, 0.5) is 0 Å². The van der Waals surface area contributed by atoms with Crippen molar-refractivity contribution >= 4 is 16.9 Å². The Labute approximate surface area is 217 Å². The first-order valence-electron chi connectivity index (χ1n) is 11.4. The van der Waals surface area contributed by atoms with Gasteiger partial charge in [0, 0.05) is 34.7 Å². The summed E-state index contributed by atoms with van der Waals surface area (Å²) in [6.45, 7) is 0. The largest absolute Gasteiger partial charge is 0.504 e. The molecule has 10 heteroatoms. The van der Waals surface area contributed by atoms with Crippen LogP contribution in [0.2, 0.25) is 0 Å². The lowest BCUT2D eigenvalue weighted by atomic mass is 9.85. The summed E-state index contributed by atoms with van der Waals surface area (Å²) in [6, 6.07) is 13.0. The molecule has 1 unspecified atom stereocenters. The summed E-state index contributed by atoms with van der Waals surface area (Å²) < 4.78 is 27.3. The minimum absolute atomic E-state index is 0.138. The fourth-order valence-corrected chi connectivity index (χ4v) is 4.38. The number of rotatable bonds is 8. The second-order valence-corrected chi connectivity index (χ2v) is 8.29. The van der Waals surface area contributed by atoms with Gasteiger partial charge in [-0.05, 0) is 6.07 Å². The highest BCUT2D eigenvalue weighted by molar-refractivity contribution is 5.94. The van der Waals surface area contributed by atoms with E-state index in [1.165, 1.54) is 40.6 Å². The highest BCUT2D eigenvalue weighted by Gasteiger charge is 2.33. The molecule has 4 aromatic rings. The van der Waals surface area contributed by atoms with Crippen molar-refractivity contribution in [1.29, 1.82) is 0 Å². The molecule has 0 radical (unpaired) electrons. The number of carbonyl (C=O) groups is 1. The van der Waals surface area contributed by atoms with Crippen LogP contribution in [0, 0.1) is 0 Å². The van der Waals surface area contributed by atoms with E-state index < -0.39 is 34.6 Å². The first-order valence-corrected chi connectivity index (χ1v) is 11.4. The monoisotopic (exact) mass is 522 g/mol. The third-order valence-electron chi connectivity index (χ3n) is 6.25. The van der Waals surface area contributed by atoms with E-state index in [2.05, 4.69) is 0 Å². The summed E-state index contributed by atoms with van der Waals surface area (Å²) in [4.78, 5) is 25.8. The number of hydrogen-bond acceptors (Lipinski definition) is 10. The Kier molecular flexibility index (Phi) is 7.33. The van der Waals surface area contributed by atoms with Crippen molar-refractivity contribution in [3.05, 3.63) is 69.9 Å². The van der Waals surface area contributed by atoms with Gasteiger partial charge in [-0.15, -0.1) is 0 Å². The third kappa shape index (κ3) is 4.52. The number of ether oxygens (including phenoxy) is 4. The fraction of sp³-hybridized carbons (Fsp3) is 0.214. The van der Waals surface area contributed by atoms with E-state index in [1.807, 2.05) is 0 Å². The van der Waals surface area contributed by atoms with Crippen molar-refractivity contribution in [2.45, 2.75) is 12.3 Å². The van der Waals surface area contributed by atoms with Crippen molar-refractivity contribution in [3.63, 3.8) is 0 Å². The highest BCUT2D eigenvalue weighted by Crippen LogP contribution is 2.51. The maximum atomic E-state index is 13.2. The molecule has 3 N–H and O–H groups in total. The number of esters is 1. The van der Waals surface area contributed by atoms with Gasteiger partial charge in [0.25, 0.3) is 0 Å². The van der Waals surface area contributed by atoms with Crippen LogP contribution in [-0.4, -0.2) is 49.7 Å². The number of fused-ring (bicyclic) bond motifs is 1. The molecule has 0 amide bonds. The van der Waals surface area contributed by atoms with Crippen LogP contribution in [-0.2, 0) is 9.53 Å². The smallest absolute Gasteiger partial charge is 0.306 e. The van der Waals surface area contributed by atoms with Crippen LogP contribution >= 0.6 is 0 Å². The van der Waals surface area contributed by atoms with E-state index in [9.17, 15) is 24.9 Å². The zero-order valence-corrected chi connectivity index (χ0v) is 21.1. The Balaban J connectivity index is 2.14. The van der Waals surface area contributed by atoms with Gasteiger partial charge in [0.2, 0.25) is 5.75 Å². The Bertz CT molecular complexity index is 1560. The van der Waals surface area contributed by atoms with Gasteiger partial charge in [-0.1, -0.05) is 30.3 Å². The topological polar surface area (TPSA) is 145 Å². The molecule has 10 nitrogen and oxygen atoms in total. The summed E-state index contributed by atoms with van der Waals surface area (Å²) in [5.41, 5.74) is -0.158. The normalized spacial score (nSPS) is 11.7. The zero-order valence-electron chi connectivity index (χ0n) is 21.1. The Morgan fingerprint density at radius 2 is 1.47 bits per heavy atom. The minimum Gasteiger partial charge on any atom is -0.504 e. The van der Waals surface area contributed by atoms with Gasteiger partial charge in [0.1, 0.15) is 22.5 Å². The molecule has 1 atom stereocenters. The number of carbonyl (C=O) groups excluding carboxylic acids is 1. The Morgan fingerprint density at radius 3 is 2.08 bits per heavy atom. The maximum Gasteiger partial charge on any atom is 0.306 e. The minimum atomic E-state index is -1.10. The van der Waals surface area contributed by atoms with Gasteiger partial charge >= 0.3 is 5.97 Å². The number of methoxy groups -OCH3 is 4. The molecule has 4 rings (SSSR count). The molecule has 0 saturated heterocycles. The van der Waals surface area contributed by atoms with Crippen molar-refractivity contribution in [1.82, 2.24) is 0 Å². The van der Waals surface area contributed by atoms with Crippen molar-refractivity contribution in [2.75, 3.05) is 28.4 Å². The molecule has 0 saturated carbocycles. The molecule has 3 aromatic carbocycles. The Morgan fingerprint density at radius 1 is 0.842 bits per heavy atom. The number of hydrogen-bond donors (Lipinski definition) is 3. The summed E-state index contributed by atoms with van der Waals surface area (Å²) in [6.07, 6.45) is -0.367. The Hall–Kier alpha value is -4.86. The maximum absolute atomic E-state index is 13.2. The molecule has 198 valence electrons. The van der Waals surface area contributed by atoms with Crippen LogP contribution in [0.25, 0.3) is 22.3 Å². The first-order chi connectivity index (χ1) is 18.2. The summed E-state index contributed by atoms with van der Waals surface area (Å²) in [7, 11) is 5.47. The average molecular weight is 523 g/mol. The van der Waals surface area contributed by atoms with E-state index in [-0.39, 0.29) is 40.2 Å². The third-order valence-corrected chi connectivity index (χ3v) is 6.25. The van der Waals surface area contributed by atoms with Gasteiger partial charge in [-0.3, -0.25) is 9.59 Å². The van der Waals surface area contributed by atoms with Crippen LogP contribution in [0.5, 0.6) is 34.5 Å². The van der Waals surface area contributed by atoms with Crippen LogP contribution in [0.1, 0.15) is 23.5 Å². The lowest BCUT2D eigenvalue weighted by Gasteiger charge is -2.23. The van der Waals surface area contributed by atoms with E-state index in [1.54, 1.807) is 36.4 Å². The lowest BCUT2D eigenvalue weighted by Crippen LogP contribution is -2.13. The molecule has 0 fully saturated rings. The van der Waals surface area contributed by atoms with E-state index in [4.69, 9.17) is 23.4 Å². The molecule has 0 aliphatic rings. The average Bonchev–Trinajstić information content (AvgIpc) is 2.94. The van der Waals surface area contributed by atoms with Crippen molar-refractivity contribution in [3.8, 4) is 45.8 Å². The second kappa shape index (κ2) is 10.6. The van der Waals surface area contributed by atoms with Gasteiger partial charge in [-0.25, -0.2) is 0 Å². The van der Waals surface area contributed by atoms with Gasteiger partial charge < -0.3 is 38.7 Å². The van der Waals surface area contributed by atoms with E-state index in [0.29, 0.717) is 16.9 Å².